The molecule has 2 fully saturated rings. The third-order valence-corrected chi connectivity index (χ3v) is 4.70. The number of halogens is 2. The first kappa shape index (κ1) is 15.6. The maximum absolute atomic E-state index is 14.0. The summed E-state index contributed by atoms with van der Waals surface area (Å²) in [6.45, 7) is 3.40. The quantitative estimate of drug-likeness (QED) is 0.916. The van der Waals surface area contributed by atoms with Gasteiger partial charge in [0.05, 0.1) is 13.2 Å². The molecule has 1 aromatic rings. The number of hydrogen-bond donors (Lipinski definition) is 1. The van der Waals surface area contributed by atoms with Gasteiger partial charge in [0, 0.05) is 31.2 Å². The van der Waals surface area contributed by atoms with Crippen molar-refractivity contribution in [3.63, 3.8) is 0 Å². The van der Waals surface area contributed by atoms with Crippen LogP contribution in [0.4, 0.5) is 8.78 Å². The van der Waals surface area contributed by atoms with Crippen LogP contribution in [0.5, 0.6) is 5.75 Å². The van der Waals surface area contributed by atoms with Crippen LogP contribution in [0.15, 0.2) is 12.1 Å². The second-order valence-electron chi connectivity index (χ2n) is 6.11. The van der Waals surface area contributed by atoms with Crippen LogP contribution in [0.25, 0.3) is 0 Å². The van der Waals surface area contributed by atoms with Crippen LogP contribution in [0, 0.1) is 11.6 Å². The van der Waals surface area contributed by atoms with Crippen molar-refractivity contribution < 1.29 is 18.6 Å². The molecule has 0 aliphatic carbocycles. The first-order valence-corrected chi connectivity index (χ1v) is 7.75. The van der Waals surface area contributed by atoms with Gasteiger partial charge >= 0.3 is 0 Å². The van der Waals surface area contributed by atoms with Crippen molar-refractivity contribution in [2.45, 2.75) is 31.5 Å². The average Bonchev–Trinajstić information content (AvgIpc) is 3.13. The smallest absolute Gasteiger partial charge is 0.167 e. The first-order valence-electron chi connectivity index (χ1n) is 7.75. The summed E-state index contributed by atoms with van der Waals surface area (Å²) in [6.07, 6.45) is 1.88. The number of aliphatic hydroxyl groups is 1. The Morgan fingerprint density at radius 2 is 1.95 bits per heavy atom. The van der Waals surface area contributed by atoms with Crippen molar-refractivity contribution in [1.82, 2.24) is 9.80 Å². The SMILES string of the molecule is COc1ccc(F)c(F)c1CN1C[C@H](O)[C@@H](N2CCCC2)C1. The number of rotatable bonds is 4. The van der Waals surface area contributed by atoms with E-state index in [1.54, 1.807) is 0 Å². The molecule has 0 aromatic heterocycles. The van der Waals surface area contributed by atoms with E-state index in [0.717, 1.165) is 32.0 Å². The molecule has 0 radical (unpaired) electrons. The van der Waals surface area contributed by atoms with Crippen molar-refractivity contribution >= 4 is 0 Å². The molecule has 0 bridgehead atoms. The minimum absolute atomic E-state index is 0.0881. The summed E-state index contributed by atoms with van der Waals surface area (Å²) in [6, 6.07) is 2.60. The predicted molar refractivity (Wildman–Crippen MR) is 78.8 cm³/mol. The van der Waals surface area contributed by atoms with Crippen molar-refractivity contribution in [2.24, 2.45) is 0 Å². The largest absolute Gasteiger partial charge is 0.496 e. The van der Waals surface area contributed by atoms with Crippen molar-refractivity contribution in [1.29, 1.82) is 0 Å². The Balaban J connectivity index is 1.73. The predicted octanol–water partition coefficient (Wildman–Crippen LogP) is 1.61. The molecule has 122 valence electrons. The van der Waals surface area contributed by atoms with Gasteiger partial charge < -0.3 is 9.84 Å². The Bertz CT molecular complexity index is 535. The van der Waals surface area contributed by atoms with E-state index in [1.165, 1.54) is 13.2 Å². The van der Waals surface area contributed by atoms with E-state index >= 15 is 0 Å². The second-order valence-corrected chi connectivity index (χ2v) is 6.11. The maximum Gasteiger partial charge on any atom is 0.167 e. The van der Waals surface area contributed by atoms with E-state index in [4.69, 9.17) is 4.74 Å². The molecule has 0 saturated carbocycles. The van der Waals surface area contributed by atoms with Crippen LogP contribution in [0.2, 0.25) is 0 Å². The number of likely N-dealkylation sites (tertiary alicyclic amines) is 2. The number of β-amino-alcohol motifs (C(OH)–C–C–N with tert-alkyl or cyclic N) is 1. The van der Waals surface area contributed by atoms with Gasteiger partial charge in [-0.3, -0.25) is 9.80 Å². The standard InChI is InChI=1S/C16H22F2N2O2/c1-22-15-5-4-12(17)16(18)11(15)8-19-9-13(14(21)10-19)20-6-2-3-7-20/h4-5,13-14,21H,2-3,6-10H2,1H3/t13-,14-/m0/s1. The molecule has 0 unspecified atom stereocenters. The molecule has 0 amide bonds. The summed E-state index contributed by atoms with van der Waals surface area (Å²) < 4.78 is 32.6. The van der Waals surface area contributed by atoms with Gasteiger partial charge in [-0.05, 0) is 38.1 Å². The normalized spacial score (nSPS) is 26.7. The van der Waals surface area contributed by atoms with Crippen LogP contribution in [0.1, 0.15) is 18.4 Å². The molecule has 2 atom stereocenters. The van der Waals surface area contributed by atoms with Crippen LogP contribution in [0.3, 0.4) is 0 Å². The van der Waals surface area contributed by atoms with Gasteiger partial charge in [0.15, 0.2) is 11.6 Å². The second kappa shape index (κ2) is 6.48. The molecule has 1 N–H and O–H groups in total. The van der Waals surface area contributed by atoms with E-state index < -0.39 is 17.7 Å². The zero-order chi connectivity index (χ0) is 15.7. The van der Waals surface area contributed by atoms with Gasteiger partial charge in [-0.25, -0.2) is 8.78 Å². The third-order valence-electron chi connectivity index (χ3n) is 4.70. The fourth-order valence-corrected chi connectivity index (χ4v) is 3.55. The van der Waals surface area contributed by atoms with Crippen LogP contribution < -0.4 is 4.74 Å². The molecule has 3 rings (SSSR count). The average molecular weight is 312 g/mol. The Morgan fingerprint density at radius 3 is 2.64 bits per heavy atom. The van der Waals surface area contributed by atoms with Crippen molar-refractivity contribution in [2.75, 3.05) is 33.3 Å². The molecule has 2 heterocycles. The number of aliphatic hydroxyl groups excluding tert-OH is 1. The lowest BCUT2D eigenvalue weighted by atomic mass is 10.1. The van der Waals surface area contributed by atoms with Crippen LogP contribution in [-0.2, 0) is 6.54 Å². The number of methoxy groups -OCH3 is 1. The number of nitrogens with zero attached hydrogens (tertiary/aromatic N) is 2. The summed E-state index contributed by atoms with van der Waals surface area (Å²) in [5, 5.41) is 10.3. The molecule has 1 aromatic carbocycles. The molecule has 22 heavy (non-hydrogen) atoms. The van der Waals surface area contributed by atoms with Gasteiger partial charge in [0.1, 0.15) is 5.75 Å². The van der Waals surface area contributed by atoms with Crippen molar-refractivity contribution in [3.8, 4) is 5.75 Å². The van der Waals surface area contributed by atoms with E-state index in [0.29, 0.717) is 18.8 Å². The van der Waals surface area contributed by atoms with Crippen LogP contribution >= 0.6 is 0 Å². The van der Waals surface area contributed by atoms with Crippen LogP contribution in [-0.4, -0.2) is 60.3 Å². The minimum atomic E-state index is -0.869. The highest BCUT2D eigenvalue weighted by Gasteiger charge is 2.37. The highest BCUT2D eigenvalue weighted by molar-refractivity contribution is 5.35. The fraction of sp³-hybridized carbons (Fsp3) is 0.625. The molecule has 6 heteroatoms. The van der Waals surface area contributed by atoms with E-state index in [-0.39, 0.29) is 18.2 Å². The molecule has 0 spiro atoms. The summed E-state index contributed by atoms with van der Waals surface area (Å²) in [5.74, 6) is -1.39. The molecular weight excluding hydrogens is 290 g/mol. The minimum Gasteiger partial charge on any atom is -0.496 e. The molecule has 2 aliphatic rings. The van der Waals surface area contributed by atoms with Crippen molar-refractivity contribution in [3.05, 3.63) is 29.3 Å². The molecule has 2 saturated heterocycles. The number of benzene rings is 1. The molecular formula is C16H22F2N2O2. The summed E-state index contributed by atoms with van der Waals surface area (Å²) in [5.41, 5.74) is 0.219. The Labute approximate surface area is 129 Å². The monoisotopic (exact) mass is 312 g/mol. The summed E-state index contributed by atoms with van der Waals surface area (Å²) in [4.78, 5) is 4.26. The van der Waals surface area contributed by atoms with Gasteiger partial charge in [0.25, 0.3) is 0 Å². The van der Waals surface area contributed by atoms with Gasteiger partial charge in [-0.15, -0.1) is 0 Å². The topological polar surface area (TPSA) is 35.9 Å². The molecule has 4 nitrogen and oxygen atoms in total. The maximum atomic E-state index is 14.0. The van der Waals surface area contributed by atoms with Gasteiger partial charge in [-0.1, -0.05) is 0 Å². The zero-order valence-electron chi connectivity index (χ0n) is 12.8. The fourth-order valence-electron chi connectivity index (χ4n) is 3.55. The summed E-state index contributed by atoms with van der Waals surface area (Å²) >= 11 is 0. The highest BCUT2D eigenvalue weighted by Crippen LogP contribution is 2.28. The van der Waals surface area contributed by atoms with Gasteiger partial charge in [-0.2, -0.15) is 0 Å². The first-order chi connectivity index (χ1) is 10.6. The van der Waals surface area contributed by atoms with Gasteiger partial charge in [0.2, 0.25) is 0 Å². The van der Waals surface area contributed by atoms with E-state index in [1.807, 2.05) is 4.90 Å². The molecule has 2 aliphatic heterocycles. The number of hydrogen-bond acceptors (Lipinski definition) is 4. The zero-order valence-corrected chi connectivity index (χ0v) is 12.8. The van der Waals surface area contributed by atoms with E-state index in [9.17, 15) is 13.9 Å². The Kier molecular flexibility index (Phi) is 4.61. The lowest BCUT2D eigenvalue weighted by Gasteiger charge is -2.25. The Hall–Kier alpha value is -1.24. The summed E-state index contributed by atoms with van der Waals surface area (Å²) in [7, 11) is 1.45. The lowest BCUT2D eigenvalue weighted by Crippen LogP contribution is -2.41. The highest BCUT2D eigenvalue weighted by atomic mass is 19.2. The number of ether oxygens (including phenoxy) is 1. The lowest BCUT2D eigenvalue weighted by molar-refractivity contribution is 0.0978. The third kappa shape index (κ3) is 2.95. The van der Waals surface area contributed by atoms with E-state index in [2.05, 4.69) is 4.90 Å². The Morgan fingerprint density at radius 1 is 1.23 bits per heavy atom.